The summed E-state index contributed by atoms with van der Waals surface area (Å²) in [5.41, 5.74) is 6.31. The first-order chi connectivity index (χ1) is 7.54. The molecule has 0 fully saturated rings. The minimum absolute atomic E-state index is 0.273. The van der Waals surface area contributed by atoms with Crippen molar-refractivity contribution >= 4 is 17.2 Å². The second-order valence-corrected chi connectivity index (χ2v) is 4.05. The van der Waals surface area contributed by atoms with Gasteiger partial charge in [0.15, 0.2) is 0 Å². The van der Waals surface area contributed by atoms with Gasteiger partial charge in [0.05, 0.1) is 0 Å². The Labute approximate surface area is 96.5 Å². The van der Waals surface area contributed by atoms with Crippen molar-refractivity contribution in [3.8, 4) is 0 Å². The SMILES string of the molecule is CCC(NS(=O)O)c1cccc(C(N)=O)c1. The van der Waals surface area contributed by atoms with Gasteiger partial charge in [-0.15, -0.1) is 0 Å². The van der Waals surface area contributed by atoms with Crippen molar-refractivity contribution in [1.29, 1.82) is 0 Å². The van der Waals surface area contributed by atoms with Gasteiger partial charge in [-0.25, -0.2) is 8.93 Å². The first kappa shape index (κ1) is 12.8. The Morgan fingerprint density at radius 3 is 2.81 bits per heavy atom. The zero-order valence-corrected chi connectivity index (χ0v) is 9.66. The summed E-state index contributed by atoms with van der Waals surface area (Å²) >= 11 is -2.08. The lowest BCUT2D eigenvalue weighted by atomic mass is 10.0. The Balaban J connectivity index is 2.96. The number of carbonyl (C=O) groups is 1. The third-order valence-corrected chi connectivity index (χ3v) is 2.71. The minimum atomic E-state index is -2.08. The van der Waals surface area contributed by atoms with Gasteiger partial charge < -0.3 is 5.73 Å². The van der Waals surface area contributed by atoms with Crippen LogP contribution in [0.25, 0.3) is 0 Å². The molecule has 88 valence electrons. The molecule has 0 spiro atoms. The molecule has 0 aliphatic heterocycles. The molecule has 4 N–H and O–H groups in total. The van der Waals surface area contributed by atoms with Crippen molar-refractivity contribution in [2.75, 3.05) is 0 Å². The molecular weight excluding hydrogens is 228 g/mol. The zero-order chi connectivity index (χ0) is 12.1. The molecule has 1 amide bonds. The molecule has 0 radical (unpaired) electrons. The van der Waals surface area contributed by atoms with Crippen LogP contribution in [0.15, 0.2) is 24.3 Å². The van der Waals surface area contributed by atoms with Gasteiger partial charge in [0.25, 0.3) is 0 Å². The predicted octanol–water partition coefficient (Wildman–Crippen LogP) is 0.963. The molecule has 2 unspecified atom stereocenters. The van der Waals surface area contributed by atoms with Gasteiger partial charge in [0.2, 0.25) is 17.2 Å². The molecule has 16 heavy (non-hydrogen) atoms. The predicted molar refractivity (Wildman–Crippen MR) is 61.9 cm³/mol. The fraction of sp³-hybridized carbons (Fsp3) is 0.300. The molecule has 1 rings (SSSR count). The van der Waals surface area contributed by atoms with Gasteiger partial charge in [-0.3, -0.25) is 9.35 Å². The van der Waals surface area contributed by atoms with Crippen molar-refractivity contribution in [2.24, 2.45) is 5.73 Å². The van der Waals surface area contributed by atoms with Crippen LogP contribution in [0.1, 0.15) is 35.3 Å². The number of nitrogens with two attached hydrogens (primary N) is 1. The number of primary amides is 1. The number of hydrogen-bond acceptors (Lipinski definition) is 2. The third-order valence-electron chi connectivity index (χ3n) is 2.22. The van der Waals surface area contributed by atoms with E-state index in [0.717, 1.165) is 5.56 Å². The summed E-state index contributed by atoms with van der Waals surface area (Å²) in [6, 6.07) is 6.43. The highest BCUT2D eigenvalue weighted by Gasteiger charge is 2.12. The molecule has 0 aromatic heterocycles. The highest BCUT2D eigenvalue weighted by atomic mass is 32.2. The molecule has 0 aliphatic carbocycles. The zero-order valence-electron chi connectivity index (χ0n) is 8.84. The maximum absolute atomic E-state index is 11.0. The van der Waals surface area contributed by atoms with Crippen LogP contribution in [-0.2, 0) is 11.3 Å². The van der Waals surface area contributed by atoms with E-state index in [2.05, 4.69) is 4.72 Å². The molecule has 0 bridgehead atoms. The van der Waals surface area contributed by atoms with E-state index in [-0.39, 0.29) is 6.04 Å². The van der Waals surface area contributed by atoms with Crippen LogP contribution >= 0.6 is 0 Å². The van der Waals surface area contributed by atoms with Crippen LogP contribution in [0, 0.1) is 0 Å². The Bertz CT molecular complexity index is 409. The average Bonchev–Trinajstić information content (AvgIpc) is 2.25. The smallest absolute Gasteiger partial charge is 0.248 e. The maximum Gasteiger partial charge on any atom is 0.248 e. The summed E-state index contributed by atoms with van der Waals surface area (Å²) in [7, 11) is 0. The highest BCUT2D eigenvalue weighted by Crippen LogP contribution is 2.17. The number of nitrogens with one attached hydrogen (secondary N) is 1. The van der Waals surface area contributed by atoms with Gasteiger partial charge in [-0.05, 0) is 24.1 Å². The second-order valence-electron chi connectivity index (χ2n) is 3.32. The number of rotatable bonds is 5. The average molecular weight is 242 g/mol. The summed E-state index contributed by atoms with van der Waals surface area (Å²) in [5.74, 6) is -0.512. The van der Waals surface area contributed by atoms with Gasteiger partial charge in [-0.1, -0.05) is 19.1 Å². The lowest BCUT2D eigenvalue weighted by Gasteiger charge is -2.14. The fourth-order valence-corrected chi connectivity index (χ4v) is 1.96. The summed E-state index contributed by atoms with van der Waals surface area (Å²) in [5, 5.41) is 0. The lowest BCUT2D eigenvalue weighted by Crippen LogP contribution is -2.23. The highest BCUT2D eigenvalue weighted by molar-refractivity contribution is 7.77. The van der Waals surface area contributed by atoms with E-state index >= 15 is 0 Å². The Morgan fingerprint density at radius 1 is 1.62 bits per heavy atom. The van der Waals surface area contributed by atoms with Crippen molar-refractivity contribution < 1.29 is 13.6 Å². The molecule has 1 aromatic rings. The van der Waals surface area contributed by atoms with E-state index in [1.54, 1.807) is 24.3 Å². The maximum atomic E-state index is 11.0. The second kappa shape index (κ2) is 5.74. The van der Waals surface area contributed by atoms with E-state index < -0.39 is 17.2 Å². The largest absolute Gasteiger partial charge is 0.366 e. The molecule has 0 saturated carbocycles. The summed E-state index contributed by atoms with van der Waals surface area (Å²) in [6.07, 6.45) is 0.633. The topological polar surface area (TPSA) is 92.4 Å². The standard InChI is InChI=1S/C10H14N2O3S/c1-2-9(12-16(14)15)7-4-3-5-8(6-7)10(11)13/h3-6,9,12H,2H2,1H3,(H2,11,13)(H,14,15). The van der Waals surface area contributed by atoms with Crippen molar-refractivity contribution in [1.82, 2.24) is 4.72 Å². The number of amides is 1. The minimum Gasteiger partial charge on any atom is -0.366 e. The Hall–Kier alpha value is -1.24. The first-order valence-corrected chi connectivity index (χ1v) is 5.92. The van der Waals surface area contributed by atoms with Crippen LogP contribution in [0.4, 0.5) is 0 Å². The van der Waals surface area contributed by atoms with Gasteiger partial charge in [0, 0.05) is 11.6 Å². The molecule has 6 heteroatoms. The monoisotopic (exact) mass is 242 g/mol. The quantitative estimate of drug-likeness (QED) is 0.671. The number of carbonyl (C=O) groups excluding carboxylic acids is 1. The summed E-state index contributed by atoms with van der Waals surface area (Å²) < 4.78 is 21.9. The molecule has 0 aliphatic rings. The normalized spacial score (nSPS) is 14.4. The van der Waals surface area contributed by atoms with Crippen LogP contribution in [0.2, 0.25) is 0 Å². The van der Waals surface area contributed by atoms with Crippen molar-refractivity contribution in [2.45, 2.75) is 19.4 Å². The summed E-state index contributed by atoms with van der Waals surface area (Å²) in [4.78, 5) is 11.0. The van der Waals surface area contributed by atoms with Gasteiger partial charge in [-0.2, -0.15) is 0 Å². The van der Waals surface area contributed by atoms with E-state index in [4.69, 9.17) is 10.3 Å². The summed E-state index contributed by atoms with van der Waals surface area (Å²) in [6.45, 7) is 1.88. The van der Waals surface area contributed by atoms with Gasteiger partial charge in [0.1, 0.15) is 0 Å². The van der Waals surface area contributed by atoms with E-state index in [0.29, 0.717) is 12.0 Å². The number of benzene rings is 1. The van der Waals surface area contributed by atoms with Crippen LogP contribution in [0.3, 0.4) is 0 Å². The van der Waals surface area contributed by atoms with Gasteiger partial charge >= 0.3 is 0 Å². The Morgan fingerprint density at radius 2 is 2.31 bits per heavy atom. The lowest BCUT2D eigenvalue weighted by molar-refractivity contribution is 0.1000. The first-order valence-electron chi connectivity index (χ1n) is 4.81. The molecule has 0 saturated heterocycles. The third kappa shape index (κ3) is 3.41. The van der Waals surface area contributed by atoms with E-state index in [1.807, 2.05) is 6.92 Å². The Kier molecular flexibility index (Phi) is 4.60. The molecule has 0 heterocycles. The van der Waals surface area contributed by atoms with E-state index in [9.17, 15) is 9.00 Å². The number of hydrogen-bond donors (Lipinski definition) is 3. The molecular formula is C10H14N2O3S. The van der Waals surface area contributed by atoms with Crippen molar-refractivity contribution in [3.05, 3.63) is 35.4 Å². The molecule has 5 nitrogen and oxygen atoms in total. The van der Waals surface area contributed by atoms with Crippen LogP contribution in [0.5, 0.6) is 0 Å². The van der Waals surface area contributed by atoms with E-state index in [1.165, 1.54) is 0 Å². The fourth-order valence-electron chi connectivity index (χ4n) is 1.42. The van der Waals surface area contributed by atoms with Crippen LogP contribution < -0.4 is 10.5 Å². The molecule has 1 aromatic carbocycles. The molecule has 2 atom stereocenters. The van der Waals surface area contributed by atoms with Crippen LogP contribution in [-0.4, -0.2) is 14.7 Å². The van der Waals surface area contributed by atoms with Crippen molar-refractivity contribution in [3.63, 3.8) is 0 Å².